The van der Waals surface area contributed by atoms with Gasteiger partial charge in [-0.25, -0.2) is 4.39 Å². The molecule has 198 valence electrons. The standard InChI is InChI=1S/C31H32FNO5/c1-20(2)16-24(33-23-12-10-21(11-13-23)28(34)7-5-9-31(35)36)19-37-25-14-15-26(27(32)18-25)30-17-22-6-3-4-8-29(22)38-30/h3-4,6,8,10-15,17-18,20,24,33H,5,7,9,16,19H2,1-2H3,(H,35,36)/t24-/m0/s1. The van der Waals surface area contributed by atoms with Gasteiger partial charge in [-0.3, -0.25) is 9.59 Å². The molecule has 1 heterocycles. The fourth-order valence-corrected chi connectivity index (χ4v) is 4.37. The lowest BCUT2D eigenvalue weighted by molar-refractivity contribution is -0.137. The number of Topliss-reactive ketones (excluding diaryl/α,β-unsaturated/α-hetero) is 1. The Kier molecular flexibility index (Phi) is 8.79. The molecule has 38 heavy (non-hydrogen) atoms. The van der Waals surface area contributed by atoms with Crippen LogP contribution < -0.4 is 10.1 Å². The predicted molar refractivity (Wildman–Crippen MR) is 146 cm³/mol. The summed E-state index contributed by atoms with van der Waals surface area (Å²) in [5.41, 5.74) is 2.48. The second-order valence-corrected chi connectivity index (χ2v) is 9.82. The highest BCUT2D eigenvalue weighted by Crippen LogP contribution is 2.31. The molecule has 0 saturated carbocycles. The van der Waals surface area contributed by atoms with Gasteiger partial charge in [0.05, 0.1) is 11.6 Å². The Bertz CT molecular complexity index is 1360. The van der Waals surface area contributed by atoms with Crippen molar-refractivity contribution in [3.05, 3.63) is 84.2 Å². The Morgan fingerprint density at radius 3 is 2.45 bits per heavy atom. The van der Waals surface area contributed by atoms with Crippen molar-refractivity contribution in [3.8, 4) is 17.1 Å². The number of carboxylic acids is 1. The molecule has 1 atom stereocenters. The summed E-state index contributed by atoms with van der Waals surface area (Å²) in [4.78, 5) is 22.9. The zero-order valence-corrected chi connectivity index (χ0v) is 21.6. The van der Waals surface area contributed by atoms with Gasteiger partial charge in [-0.05, 0) is 67.3 Å². The lowest BCUT2D eigenvalue weighted by atomic mass is 10.0. The number of aliphatic carboxylic acids is 1. The highest BCUT2D eigenvalue weighted by molar-refractivity contribution is 5.96. The number of halogens is 1. The molecule has 4 aromatic rings. The minimum absolute atomic E-state index is 0.0191. The molecule has 0 aliphatic heterocycles. The maximum atomic E-state index is 15.0. The summed E-state index contributed by atoms with van der Waals surface area (Å²) < 4.78 is 26.7. The fourth-order valence-electron chi connectivity index (χ4n) is 4.37. The topological polar surface area (TPSA) is 88.8 Å². The van der Waals surface area contributed by atoms with Crippen LogP contribution in [0.2, 0.25) is 0 Å². The SMILES string of the molecule is CC(C)C[C@@H](COc1ccc(-c2cc3ccccc3o2)c(F)c1)Nc1ccc(C(=O)CCCC(=O)O)cc1. The summed E-state index contributed by atoms with van der Waals surface area (Å²) in [7, 11) is 0. The number of carboxylic acid groups (broad SMARTS) is 1. The van der Waals surface area contributed by atoms with Crippen LogP contribution in [0.3, 0.4) is 0 Å². The molecule has 6 nitrogen and oxygen atoms in total. The number of ether oxygens (including phenoxy) is 1. The zero-order valence-electron chi connectivity index (χ0n) is 21.6. The van der Waals surface area contributed by atoms with E-state index in [1.54, 1.807) is 24.3 Å². The Morgan fingerprint density at radius 2 is 1.76 bits per heavy atom. The summed E-state index contributed by atoms with van der Waals surface area (Å²) in [5, 5.41) is 13.1. The van der Waals surface area contributed by atoms with Gasteiger partial charge < -0.3 is 19.6 Å². The molecule has 0 aliphatic rings. The molecule has 0 radical (unpaired) electrons. The quantitative estimate of drug-likeness (QED) is 0.178. The van der Waals surface area contributed by atoms with Gasteiger partial charge in [-0.1, -0.05) is 32.0 Å². The molecule has 2 N–H and O–H groups in total. The first-order chi connectivity index (χ1) is 18.3. The van der Waals surface area contributed by atoms with Crippen LogP contribution in [-0.4, -0.2) is 29.5 Å². The molecule has 0 aliphatic carbocycles. The monoisotopic (exact) mass is 517 g/mol. The van der Waals surface area contributed by atoms with Crippen LogP contribution in [0.4, 0.5) is 10.1 Å². The van der Waals surface area contributed by atoms with Gasteiger partial charge in [0.25, 0.3) is 0 Å². The lowest BCUT2D eigenvalue weighted by Crippen LogP contribution is -2.28. The molecule has 4 rings (SSSR count). The zero-order chi connectivity index (χ0) is 27.1. The minimum atomic E-state index is -0.902. The molecule has 0 fully saturated rings. The molecule has 7 heteroatoms. The summed E-state index contributed by atoms with van der Waals surface area (Å²) in [6, 6.07) is 21.3. The maximum Gasteiger partial charge on any atom is 0.303 e. The van der Waals surface area contributed by atoms with Crippen molar-refractivity contribution in [2.75, 3.05) is 11.9 Å². The molecule has 0 bridgehead atoms. The Labute approximate surface area is 221 Å². The van der Waals surface area contributed by atoms with E-state index in [2.05, 4.69) is 19.2 Å². The van der Waals surface area contributed by atoms with Gasteiger partial charge in [-0.2, -0.15) is 0 Å². The van der Waals surface area contributed by atoms with E-state index in [1.807, 2.05) is 42.5 Å². The molecule has 0 amide bonds. The second kappa shape index (κ2) is 12.4. The van der Waals surface area contributed by atoms with Crippen molar-refractivity contribution in [2.45, 2.75) is 45.6 Å². The number of ketones is 1. The third-order valence-corrected chi connectivity index (χ3v) is 6.21. The number of rotatable bonds is 13. The molecule has 0 saturated heterocycles. The van der Waals surface area contributed by atoms with Gasteiger partial charge in [0, 0.05) is 35.5 Å². The van der Waals surface area contributed by atoms with Gasteiger partial charge in [0.2, 0.25) is 0 Å². The van der Waals surface area contributed by atoms with E-state index in [4.69, 9.17) is 14.3 Å². The second-order valence-electron chi connectivity index (χ2n) is 9.82. The van der Waals surface area contributed by atoms with Gasteiger partial charge in [-0.15, -0.1) is 0 Å². The van der Waals surface area contributed by atoms with Crippen molar-refractivity contribution in [1.29, 1.82) is 0 Å². The number of carbonyl (C=O) groups excluding carboxylic acids is 1. The van der Waals surface area contributed by atoms with E-state index >= 15 is 0 Å². The van der Waals surface area contributed by atoms with E-state index in [1.165, 1.54) is 6.07 Å². The van der Waals surface area contributed by atoms with E-state index in [0.717, 1.165) is 17.5 Å². The van der Waals surface area contributed by atoms with Gasteiger partial charge >= 0.3 is 5.97 Å². The minimum Gasteiger partial charge on any atom is -0.491 e. The number of para-hydroxylation sites is 1. The summed E-state index contributed by atoms with van der Waals surface area (Å²) in [5.74, 6) is -0.0933. The van der Waals surface area contributed by atoms with E-state index < -0.39 is 11.8 Å². The van der Waals surface area contributed by atoms with Crippen molar-refractivity contribution in [1.82, 2.24) is 0 Å². The van der Waals surface area contributed by atoms with Crippen LogP contribution in [0.25, 0.3) is 22.3 Å². The number of nitrogens with one attached hydrogen (secondary N) is 1. The first-order valence-electron chi connectivity index (χ1n) is 12.8. The molecule has 0 spiro atoms. The normalized spacial score (nSPS) is 12.0. The Morgan fingerprint density at radius 1 is 1.00 bits per heavy atom. The summed E-state index contributed by atoms with van der Waals surface area (Å²) in [6.45, 7) is 4.57. The summed E-state index contributed by atoms with van der Waals surface area (Å²) in [6.07, 6.45) is 1.33. The summed E-state index contributed by atoms with van der Waals surface area (Å²) >= 11 is 0. The van der Waals surface area contributed by atoms with Gasteiger partial charge in [0.15, 0.2) is 5.78 Å². The third-order valence-electron chi connectivity index (χ3n) is 6.21. The smallest absolute Gasteiger partial charge is 0.303 e. The third kappa shape index (κ3) is 7.22. The largest absolute Gasteiger partial charge is 0.491 e. The Balaban J connectivity index is 1.37. The van der Waals surface area contributed by atoms with Crippen LogP contribution in [0.5, 0.6) is 5.75 Å². The van der Waals surface area contributed by atoms with E-state index in [-0.39, 0.29) is 24.7 Å². The number of hydrogen-bond acceptors (Lipinski definition) is 5. The van der Waals surface area contributed by atoms with Crippen LogP contribution in [0.1, 0.15) is 49.9 Å². The molecular weight excluding hydrogens is 485 g/mol. The highest BCUT2D eigenvalue weighted by Gasteiger charge is 2.16. The number of benzene rings is 3. The molecule has 1 aromatic heterocycles. The average molecular weight is 518 g/mol. The van der Waals surface area contributed by atoms with Crippen LogP contribution in [0, 0.1) is 11.7 Å². The fraction of sp³-hybridized carbons (Fsp3) is 0.290. The number of anilines is 1. The van der Waals surface area contributed by atoms with Crippen LogP contribution in [-0.2, 0) is 4.79 Å². The molecular formula is C31H32FNO5. The predicted octanol–water partition coefficient (Wildman–Crippen LogP) is 7.58. The van der Waals surface area contributed by atoms with Gasteiger partial charge in [0.1, 0.15) is 29.5 Å². The van der Waals surface area contributed by atoms with Crippen molar-refractivity contribution in [3.63, 3.8) is 0 Å². The number of hydrogen-bond donors (Lipinski definition) is 2. The molecule has 3 aromatic carbocycles. The average Bonchev–Trinajstić information content (AvgIpc) is 3.31. The van der Waals surface area contributed by atoms with E-state index in [0.29, 0.717) is 47.2 Å². The first-order valence-corrected chi connectivity index (χ1v) is 12.8. The van der Waals surface area contributed by atoms with E-state index in [9.17, 15) is 14.0 Å². The number of furan rings is 1. The van der Waals surface area contributed by atoms with Crippen LogP contribution in [0.15, 0.2) is 77.2 Å². The lowest BCUT2D eigenvalue weighted by Gasteiger charge is -2.22. The van der Waals surface area contributed by atoms with Crippen LogP contribution >= 0.6 is 0 Å². The number of carbonyl (C=O) groups is 2. The first kappa shape index (κ1) is 26.9. The maximum absolute atomic E-state index is 15.0. The Hall–Kier alpha value is -4.13. The molecule has 0 unspecified atom stereocenters. The van der Waals surface area contributed by atoms with Crippen molar-refractivity contribution in [2.24, 2.45) is 5.92 Å². The van der Waals surface area contributed by atoms with Crippen molar-refractivity contribution < 1.29 is 28.2 Å². The highest BCUT2D eigenvalue weighted by atomic mass is 19.1. The van der Waals surface area contributed by atoms with Crippen molar-refractivity contribution >= 4 is 28.4 Å². The number of fused-ring (bicyclic) bond motifs is 1.